The highest BCUT2D eigenvalue weighted by Gasteiger charge is 2.40. The molecule has 0 aliphatic carbocycles. The van der Waals surface area contributed by atoms with Crippen molar-refractivity contribution in [2.24, 2.45) is 0 Å². The molecule has 0 saturated carbocycles. The van der Waals surface area contributed by atoms with Crippen LogP contribution in [0.2, 0.25) is 0 Å². The molecule has 1 unspecified atom stereocenters. The van der Waals surface area contributed by atoms with Crippen LogP contribution in [0.4, 0.5) is 0 Å². The lowest BCUT2D eigenvalue weighted by atomic mass is 9.72. The van der Waals surface area contributed by atoms with Gasteiger partial charge in [0.25, 0.3) is 0 Å². The monoisotopic (exact) mass is 322 g/mol. The molecule has 0 spiro atoms. The molecule has 1 rings (SSSR count). The minimum atomic E-state index is -0.564. The largest absolute Gasteiger partial charge is 0.298 e. The summed E-state index contributed by atoms with van der Waals surface area (Å²) in [6, 6.07) is 10.0. The van der Waals surface area contributed by atoms with E-state index in [0.29, 0.717) is 6.42 Å². The van der Waals surface area contributed by atoms with Crippen LogP contribution in [0.15, 0.2) is 41.4 Å². The highest BCUT2D eigenvalue weighted by molar-refractivity contribution is 9.11. The average Bonchev–Trinajstić information content (AvgIpc) is 2.42. The molecular formula is C17H23BrO. The summed E-state index contributed by atoms with van der Waals surface area (Å²) in [5.41, 5.74) is 0.491. The van der Waals surface area contributed by atoms with Gasteiger partial charge in [-0.25, -0.2) is 0 Å². The third kappa shape index (κ3) is 3.56. The second-order valence-electron chi connectivity index (χ2n) is 4.95. The van der Waals surface area contributed by atoms with Gasteiger partial charge in [0.2, 0.25) is 0 Å². The van der Waals surface area contributed by atoms with Crippen LogP contribution in [0, 0.1) is 0 Å². The molecule has 2 heteroatoms. The van der Waals surface area contributed by atoms with E-state index in [1.165, 1.54) is 0 Å². The lowest BCUT2D eigenvalue weighted by Gasteiger charge is -2.32. The topological polar surface area (TPSA) is 17.1 Å². The first-order chi connectivity index (χ1) is 9.09. The number of hydrogen-bond acceptors (Lipinski definition) is 1. The standard InChI is InChI=1S/C17H23BrO/c1-4-6-12-16(19)17(13-5-2,14(3)18)15-10-8-7-9-11-15/h7-11H,3-6,12-13H2,1-2H3. The summed E-state index contributed by atoms with van der Waals surface area (Å²) in [7, 11) is 0. The molecule has 0 aliphatic heterocycles. The zero-order valence-corrected chi connectivity index (χ0v) is 13.5. The molecule has 1 nitrogen and oxygen atoms in total. The van der Waals surface area contributed by atoms with Gasteiger partial charge in [-0.15, -0.1) is 0 Å². The Bertz CT molecular complexity index is 424. The van der Waals surface area contributed by atoms with Gasteiger partial charge in [-0.05, 0) is 18.4 Å². The molecule has 1 atom stereocenters. The van der Waals surface area contributed by atoms with Gasteiger partial charge in [0.05, 0.1) is 5.41 Å². The van der Waals surface area contributed by atoms with Gasteiger partial charge < -0.3 is 0 Å². The molecule has 0 bridgehead atoms. The van der Waals surface area contributed by atoms with Crippen LogP contribution < -0.4 is 0 Å². The fraction of sp³-hybridized carbons (Fsp3) is 0.471. The first-order valence-electron chi connectivity index (χ1n) is 7.03. The van der Waals surface area contributed by atoms with E-state index in [4.69, 9.17) is 0 Å². The van der Waals surface area contributed by atoms with E-state index >= 15 is 0 Å². The number of halogens is 1. The van der Waals surface area contributed by atoms with Crippen molar-refractivity contribution in [1.82, 2.24) is 0 Å². The smallest absolute Gasteiger partial charge is 0.148 e. The van der Waals surface area contributed by atoms with Gasteiger partial charge in [0, 0.05) is 10.9 Å². The SMILES string of the molecule is C=C(Br)C(CCC)(C(=O)CCCC)c1ccccc1. The first kappa shape index (κ1) is 16.2. The Hall–Kier alpha value is -0.890. The third-order valence-corrected chi connectivity index (χ3v) is 4.26. The van der Waals surface area contributed by atoms with Crippen LogP contribution >= 0.6 is 15.9 Å². The highest BCUT2D eigenvalue weighted by atomic mass is 79.9. The molecule has 0 radical (unpaired) electrons. The number of allylic oxidation sites excluding steroid dienone is 1. The maximum atomic E-state index is 12.8. The second kappa shape index (κ2) is 7.64. The molecule has 19 heavy (non-hydrogen) atoms. The summed E-state index contributed by atoms with van der Waals surface area (Å²) in [6.07, 6.45) is 4.37. The summed E-state index contributed by atoms with van der Waals surface area (Å²) < 4.78 is 0.786. The number of unbranched alkanes of at least 4 members (excludes halogenated alkanes) is 1. The number of benzene rings is 1. The first-order valence-corrected chi connectivity index (χ1v) is 7.82. The van der Waals surface area contributed by atoms with Crippen LogP contribution in [-0.4, -0.2) is 5.78 Å². The van der Waals surface area contributed by atoms with Gasteiger partial charge in [-0.3, -0.25) is 4.79 Å². The van der Waals surface area contributed by atoms with E-state index in [2.05, 4.69) is 36.4 Å². The van der Waals surface area contributed by atoms with Gasteiger partial charge >= 0.3 is 0 Å². The molecule has 104 valence electrons. The zero-order valence-electron chi connectivity index (χ0n) is 11.9. The van der Waals surface area contributed by atoms with Crippen LogP contribution in [0.1, 0.15) is 51.5 Å². The summed E-state index contributed by atoms with van der Waals surface area (Å²) >= 11 is 3.51. The molecule has 0 aromatic heterocycles. The van der Waals surface area contributed by atoms with Gasteiger partial charge in [0.15, 0.2) is 0 Å². The second-order valence-corrected chi connectivity index (χ2v) is 5.91. The molecule has 1 aromatic carbocycles. The highest BCUT2D eigenvalue weighted by Crippen LogP contribution is 2.41. The van der Waals surface area contributed by atoms with Crippen molar-refractivity contribution in [3.8, 4) is 0 Å². The fourth-order valence-electron chi connectivity index (χ4n) is 2.54. The number of carbonyl (C=O) groups excluding carboxylic acids is 1. The van der Waals surface area contributed by atoms with Crippen molar-refractivity contribution in [1.29, 1.82) is 0 Å². The Labute approximate surface area is 125 Å². The lowest BCUT2D eigenvalue weighted by molar-refractivity contribution is -0.123. The van der Waals surface area contributed by atoms with Crippen LogP contribution in [-0.2, 0) is 10.2 Å². The number of rotatable bonds is 8. The van der Waals surface area contributed by atoms with E-state index in [0.717, 1.165) is 35.7 Å². The molecule has 0 N–H and O–H groups in total. The van der Waals surface area contributed by atoms with Gasteiger partial charge in [-0.2, -0.15) is 0 Å². The number of carbonyl (C=O) groups is 1. The Morgan fingerprint density at radius 3 is 2.32 bits per heavy atom. The van der Waals surface area contributed by atoms with Gasteiger partial charge in [-0.1, -0.05) is 79.5 Å². The zero-order chi connectivity index (χ0) is 14.3. The van der Waals surface area contributed by atoms with Crippen LogP contribution in [0.5, 0.6) is 0 Å². The summed E-state index contributed by atoms with van der Waals surface area (Å²) in [6.45, 7) is 8.27. The summed E-state index contributed by atoms with van der Waals surface area (Å²) in [4.78, 5) is 12.8. The summed E-state index contributed by atoms with van der Waals surface area (Å²) in [5, 5.41) is 0. The van der Waals surface area contributed by atoms with E-state index in [1.54, 1.807) is 0 Å². The maximum absolute atomic E-state index is 12.8. The minimum absolute atomic E-state index is 0.282. The van der Waals surface area contributed by atoms with Crippen molar-refractivity contribution < 1.29 is 4.79 Å². The van der Waals surface area contributed by atoms with Crippen molar-refractivity contribution in [3.63, 3.8) is 0 Å². The van der Waals surface area contributed by atoms with E-state index in [1.807, 2.05) is 30.3 Å². The predicted molar refractivity (Wildman–Crippen MR) is 85.6 cm³/mol. The summed E-state index contributed by atoms with van der Waals surface area (Å²) in [5.74, 6) is 0.282. The number of ketones is 1. The number of hydrogen-bond donors (Lipinski definition) is 0. The van der Waals surface area contributed by atoms with Crippen molar-refractivity contribution in [3.05, 3.63) is 47.0 Å². The number of Topliss-reactive ketones (excluding diaryl/α,β-unsaturated/α-hetero) is 1. The van der Waals surface area contributed by atoms with Crippen molar-refractivity contribution in [2.45, 2.75) is 51.4 Å². The Morgan fingerprint density at radius 2 is 1.84 bits per heavy atom. The average molecular weight is 323 g/mol. The Morgan fingerprint density at radius 1 is 1.21 bits per heavy atom. The maximum Gasteiger partial charge on any atom is 0.148 e. The fourth-order valence-corrected chi connectivity index (χ4v) is 3.18. The molecule has 0 amide bonds. The van der Waals surface area contributed by atoms with Gasteiger partial charge in [0.1, 0.15) is 5.78 Å². The molecular weight excluding hydrogens is 300 g/mol. The van der Waals surface area contributed by atoms with E-state index in [-0.39, 0.29) is 5.78 Å². The van der Waals surface area contributed by atoms with E-state index < -0.39 is 5.41 Å². The molecule has 1 aromatic rings. The van der Waals surface area contributed by atoms with Crippen LogP contribution in [0.3, 0.4) is 0 Å². The lowest BCUT2D eigenvalue weighted by Crippen LogP contribution is -2.36. The Kier molecular flexibility index (Phi) is 6.50. The molecule has 0 saturated heterocycles. The van der Waals surface area contributed by atoms with Crippen molar-refractivity contribution >= 4 is 21.7 Å². The predicted octanol–water partition coefficient (Wildman–Crippen LogP) is 5.39. The normalized spacial score (nSPS) is 13.8. The van der Waals surface area contributed by atoms with E-state index in [9.17, 15) is 4.79 Å². The molecule has 0 aliphatic rings. The molecule has 0 heterocycles. The quantitative estimate of drug-likeness (QED) is 0.626. The minimum Gasteiger partial charge on any atom is -0.298 e. The third-order valence-electron chi connectivity index (χ3n) is 3.59. The van der Waals surface area contributed by atoms with Crippen molar-refractivity contribution in [2.75, 3.05) is 0 Å². The molecule has 0 fully saturated rings. The van der Waals surface area contributed by atoms with Crippen LogP contribution in [0.25, 0.3) is 0 Å². The Balaban J connectivity index is 3.22.